The maximum atomic E-state index is 12.8. The number of rotatable bonds is 4. The summed E-state index contributed by atoms with van der Waals surface area (Å²) in [5.74, 6) is 0.194. The third kappa shape index (κ3) is 3.28. The number of hydrogen-bond donors (Lipinski definition) is 0. The molecule has 0 radical (unpaired) electrons. The Morgan fingerprint density at radius 2 is 1.13 bits per heavy atom. The number of nitrogens with zero attached hydrogens (tertiary/aromatic N) is 2. The molecular formula is C26H24N2O2. The Hall–Kier alpha value is -3.40. The van der Waals surface area contributed by atoms with Gasteiger partial charge in [0.25, 0.3) is 11.8 Å². The molecule has 4 heteroatoms. The maximum absolute atomic E-state index is 12.8. The predicted octanol–water partition coefficient (Wildman–Crippen LogP) is 4.62. The molecule has 2 aliphatic rings. The van der Waals surface area contributed by atoms with Crippen molar-refractivity contribution >= 4 is 11.8 Å². The van der Waals surface area contributed by atoms with Crippen LogP contribution in [-0.4, -0.2) is 21.6 Å². The van der Waals surface area contributed by atoms with Gasteiger partial charge in [0.2, 0.25) is 0 Å². The number of amides is 2. The molecule has 0 fully saturated rings. The van der Waals surface area contributed by atoms with Crippen molar-refractivity contribution in [2.75, 3.05) is 0 Å². The van der Waals surface area contributed by atoms with Gasteiger partial charge in [-0.3, -0.25) is 9.59 Å². The van der Waals surface area contributed by atoms with Crippen molar-refractivity contribution in [1.82, 2.24) is 9.80 Å². The van der Waals surface area contributed by atoms with Crippen LogP contribution in [-0.2, 0) is 26.2 Å². The fourth-order valence-corrected chi connectivity index (χ4v) is 4.47. The number of carbonyl (C=O) groups excluding carboxylic acids is 2. The van der Waals surface area contributed by atoms with E-state index in [1.807, 2.05) is 41.8 Å². The summed E-state index contributed by atoms with van der Waals surface area (Å²) in [4.78, 5) is 29.4. The maximum Gasteiger partial charge on any atom is 0.254 e. The molecule has 0 aromatic heterocycles. The first kappa shape index (κ1) is 18.6. The second-order valence-electron chi connectivity index (χ2n) is 8.46. The van der Waals surface area contributed by atoms with Crippen LogP contribution in [0, 0.1) is 13.8 Å². The number of benzene rings is 3. The van der Waals surface area contributed by atoms with Crippen LogP contribution in [0.5, 0.6) is 0 Å². The lowest BCUT2D eigenvalue weighted by Crippen LogP contribution is -2.24. The number of fused-ring (bicyclic) bond motifs is 2. The van der Waals surface area contributed by atoms with Crippen molar-refractivity contribution in [3.05, 3.63) is 105 Å². The molecule has 3 aromatic rings. The Bertz CT molecular complexity index is 1090. The second-order valence-corrected chi connectivity index (χ2v) is 8.46. The average molecular weight is 396 g/mol. The summed E-state index contributed by atoms with van der Waals surface area (Å²) < 4.78 is 0. The zero-order valence-corrected chi connectivity index (χ0v) is 17.3. The normalized spacial score (nSPS) is 15.0. The van der Waals surface area contributed by atoms with Crippen molar-refractivity contribution in [1.29, 1.82) is 0 Å². The first-order chi connectivity index (χ1) is 14.5. The minimum absolute atomic E-state index is 0.0969. The Labute approximate surface area is 176 Å². The highest BCUT2D eigenvalue weighted by molar-refractivity contribution is 5.99. The molecule has 0 N–H and O–H groups in total. The Morgan fingerprint density at radius 1 is 0.667 bits per heavy atom. The van der Waals surface area contributed by atoms with Gasteiger partial charge < -0.3 is 9.80 Å². The zero-order chi connectivity index (χ0) is 20.8. The molecule has 0 atom stereocenters. The van der Waals surface area contributed by atoms with Crippen LogP contribution in [0.1, 0.15) is 54.1 Å². The minimum atomic E-state index is 0.0969. The summed E-state index contributed by atoms with van der Waals surface area (Å²) in [5.41, 5.74) is 8.23. The van der Waals surface area contributed by atoms with E-state index in [-0.39, 0.29) is 11.8 Å². The highest BCUT2D eigenvalue weighted by Gasteiger charge is 2.28. The molecule has 5 rings (SSSR count). The molecule has 0 spiro atoms. The van der Waals surface area contributed by atoms with E-state index < -0.39 is 0 Å². The van der Waals surface area contributed by atoms with E-state index in [9.17, 15) is 9.59 Å². The van der Waals surface area contributed by atoms with Crippen LogP contribution in [0.4, 0.5) is 0 Å². The van der Waals surface area contributed by atoms with Crippen LogP contribution < -0.4 is 0 Å². The Kier molecular flexibility index (Phi) is 4.43. The average Bonchev–Trinajstić information content (AvgIpc) is 3.19. The van der Waals surface area contributed by atoms with Gasteiger partial charge >= 0.3 is 0 Å². The number of aryl methyl sites for hydroxylation is 2. The van der Waals surface area contributed by atoms with Crippen LogP contribution in [0.25, 0.3) is 0 Å². The molecule has 2 amide bonds. The molecule has 0 saturated carbocycles. The summed E-state index contributed by atoms with van der Waals surface area (Å²) in [6, 6.07) is 20.4. The molecule has 0 unspecified atom stereocenters. The topological polar surface area (TPSA) is 40.6 Å². The Balaban J connectivity index is 1.30. The van der Waals surface area contributed by atoms with Crippen molar-refractivity contribution in [2.24, 2.45) is 0 Å². The zero-order valence-electron chi connectivity index (χ0n) is 17.3. The van der Waals surface area contributed by atoms with E-state index in [2.05, 4.69) is 42.5 Å². The van der Waals surface area contributed by atoms with Crippen molar-refractivity contribution < 1.29 is 9.59 Å². The lowest BCUT2D eigenvalue weighted by Gasteiger charge is -2.18. The highest BCUT2D eigenvalue weighted by Crippen LogP contribution is 2.27. The van der Waals surface area contributed by atoms with E-state index in [1.54, 1.807) is 0 Å². The van der Waals surface area contributed by atoms with Gasteiger partial charge in [-0.25, -0.2) is 0 Å². The van der Waals surface area contributed by atoms with Gasteiger partial charge in [-0.15, -0.1) is 0 Å². The summed E-state index contributed by atoms with van der Waals surface area (Å²) in [5, 5.41) is 0. The van der Waals surface area contributed by atoms with Gasteiger partial charge in [0.1, 0.15) is 0 Å². The largest absolute Gasteiger partial charge is 0.330 e. The fraction of sp³-hybridized carbons (Fsp3) is 0.231. The van der Waals surface area contributed by atoms with Gasteiger partial charge in [-0.1, -0.05) is 59.7 Å². The van der Waals surface area contributed by atoms with Gasteiger partial charge in [0.15, 0.2) is 0 Å². The van der Waals surface area contributed by atoms with E-state index in [4.69, 9.17) is 0 Å². The summed E-state index contributed by atoms with van der Waals surface area (Å²) in [6.45, 7) is 6.48. The molecule has 2 heterocycles. The highest BCUT2D eigenvalue weighted by atomic mass is 16.2. The van der Waals surface area contributed by atoms with E-state index in [0.29, 0.717) is 26.2 Å². The second kappa shape index (κ2) is 7.13. The standard InChI is InChI=1S/C26H24N2O2/c1-17-6-8-21-15-27(25(29)23(21)10-17)13-19-4-3-5-20(12-19)14-28-16-22-9-7-18(2)11-24(22)26(28)30/h3-12H,13-16H2,1-2H3. The van der Waals surface area contributed by atoms with E-state index >= 15 is 0 Å². The molecule has 0 aliphatic carbocycles. The smallest absolute Gasteiger partial charge is 0.254 e. The SMILES string of the molecule is Cc1ccc2c(c1)C(=O)N(Cc1cccc(CN3Cc4ccc(C)cc4C3=O)c1)C2. The molecule has 2 aliphatic heterocycles. The first-order valence-electron chi connectivity index (χ1n) is 10.3. The Morgan fingerprint density at radius 3 is 1.60 bits per heavy atom. The number of carbonyl (C=O) groups is 2. The van der Waals surface area contributed by atoms with Crippen LogP contribution in [0.2, 0.25) is 0 Å². The van der Waals surface area contributed by atoms with Crippen LogP contribution in [0.15, 0.2) is 60.7 Å². The lowest BCUT2D eigenvalue weighted by molar-refractivity contribution is 0.0762. The third-order valence-electron chi connectivity index (χ3n) is 6.03. The van der Waals surface area contributed by atoms with Crippen molar-refractivity contribution in [3.63, 3.8) is 0 Å². The minimum Gasteiger partial charge on any atom is -0.330 e. The lowest BCUT2D eigenvalue weighted by atomic mass is 10.1. The van der Waals surface area contributed by atoms with Gasteiger partial charge in [-0.2, -0.15) is 0 Å². The molecule has 3 aromatic carbocycles. The van der Waals surface area contributed by atoms with Crippen LogP contribution in [0.3, 0.4) is 0 Å². The molecule has 4 nitrogen and oxygen atoms in total. The summed E-state index contributed by atoms with van der Waals surface area (Å²) in [6.07, 6.45) is 0. The first-order valence-corrected chi connectivity index (χ1v) is 10.3. The quantitative estimate of drug-likeness (QED) is 0.646. The molecule has 0 saturated heterocycles. The predicted molar refractivity (Wildman–Crippen MR) is 116 cm³/mol. The van der Waals surface area contributed by atoms with Crippen LogP contribution >= 0.6 is 0 Å². The molecule has 150 valence electrons. The van der Waals surface area contributed by atoms with Gasteiger partial charge in [-0.05, 0) is 48.2 Å². The van der Waals surface area contributed by atoms with E-state index in [1.165, 1.54) is 0 Å². The van der Waals surface area contributed by atoms with Crippen molar-refractivity contribution in [2.45, 2.75) is 40.0 Å². The molecule has 30 heavy (non-hydrogen) atoms. The van der Waals surface area contributed by atoms with E-state index in [0.717, 1.165) is 44.5 Å². The van der Waals surface area contributed by atoms with Crippen molar-refractivity contribution in [3.8, 4) is 0 Å². The van der Waals surface area contributed by atoms with Gasteiger partial charge in [0.05, 0.1) is 0 Å². The monoisotopic (exact) mass is 396 g/mol. The summed E-state index contributed by atoms with van der Waals surface area (Å²) in [7, 11) is 0. The molecule has 0 bridgehead atoms. The number of hydrogen-bond acceptors (Lipinski definition) is 2. The fourth-order valence-electron chi connectivity index (χ4n) is 4.47. The summed E-state index contributed by atoms with van der Waals surface area (Å²) >= 11 is 0. The van der Waals surface area contributed by atoms with Gasteiger partial charge in [0, 0.05) is 37.3 Å². The third-order valence-corrected chi connectivity index (χ3v) is 6.03. The molecular weight excluding hydrogens is 372 g/mol.